The van der Waals surface area contributed by atoms with Crippen LogP contribution in [0.5, 0.6) is 5.75 Å². The molecule has 166 valence electrons. The number of nitrogens with one attached hydrogen (secondary N) is 1. The highest BCUT2D eigenvalue weighted by Gasteiger charge is 2.50. The summed E-state index contributed by atoms with van der Waals surface area (Å²) < 4.78 is 49.5. The fourth-order valence-corrected chi connectivity index (χ4v) is 3.35. The molecule has 1 atom stereocenters. The Morgan fingerprint density at radius 1 is 1.16 bits per heavy atom. The second-order valence-corrected chi connectivity index (χ2v) is 7.27. The van der Waals surface area contributed by atoms with E-state index in [1.54, 1.807) is 24.3 Å². The van der Waals surface area contributed by atoms with Gasteiger partial charge in [0.1, 0.15) is 17.8 Å². The van der Waals surface area contributed by atoms with Crippen LogP contribution in [-0.4, -0.2) is 34.1 Å². The Bertz CT molecular complexity index is 1180. The van der Waals surface area contributed by atoms with Crippen LogP contribution < -0.4 is 10.1 Å². The number of methoxy groups -OCH3 is 1. The van der Waals surface area contributed by atoms with Crippen molar-refractivity contribution in [3.63, 3.8) is 0 Å². The molecular weight excluding hydrogens is 429 g/mol. The van der Waals surface area contributed by atoms with Crippen molar-refractivity contribution < 1.29 is 32.0 Å². The van der Waals surface area contributed by atoms with Crippen molar-refractivity contribution >= 4 is 11.9 Å². The standard InChI is InChI=1S/C21H17F3N4O4/c1-20(13-4-3-5-14(10-13)21(22,23)24)18(29)28(19(30)26-20)11-16-25-17(27-32-16)12-6-8-15(31-2)9-7-12/h3-10H,11H2,1-2H3,(H,26,30). The van der Waals surface area contributed by atoms with Gasteiger partial charge in [-0.1, -0.05) is 17.3 Å². The Hall–Kier alpha value is -3.89. The van der Waals surface area contributed by atoms with Gasteiger partial charge in [-0.3, -0.25) is 9.69 Å². The lowest BCUT2D eigenvalue weighted by molar-refractivity contribution is -0.138. The molecule has 1 aliphatic heterocycles. The molecule has 1 aromatic heterocycles. The molecule has 0 aliphatic carbocycles. The molecule has 11 heteroatoms. The van der Waals surface area contributed by atoms with Gasteiger partial charge in [-0.2, -0.15) is 18.2 Å². The maximum atomic E-state index is 13.1. The molecule has 4 rings (SSSR count). The lowest BCUT2D eigenvalue weighted by atomic mass is 9.90. The maximum Gasteiger partial charge on any atom is 0.416 e. The van der Waals surface area contributed by atoms with Gasteiger partial charge in [0.05, 0.1) is 12.7 Å². The minimum Gasteiger partial charge on any atom is -0.497 e. The van der Waals surface area contributed by atoms with E-state index in [0.29, 0.717) is 11.3 Å². The first kappa shape index (κ1) is 21.3. The maximum absolute atomic E-state index is 13.1. The highest BCUT2D eigenvalue weighted by Crippen LogP contribution is 2.35. The molecule has 0 radical (unpaired) electrons. The number of carbonyl (C=O) groups excluding carboxylic acids is 2. The van der Waals surface area contributed by atoms with E-state index in [4.69, 9.17) is 9.26 Å². The molecule has 32 heavy (non-hydrogen) atoms. The van der Waals surface area contributed by atoms with Crippen LogP contribution in [0.2, 0.25) is 0 Å². The quantitative estimate of drug-likeness (QED) is 0.600. The van der Waals surface area contributed by atoms with Gasteiger partial charge in [0.15, 0.2) is 0 Å². The summed E-state index contributed by atoms with van der Waals surface area (Å²) in [6.45, 7) is 1.02. The summed E-state index contributed by atoms with van der Waals surface area (Å²) in [4.78, 5) is 30.5. The van der Waals surface area contributed by atoms with Crippen LogP contribution in [0.3, 0.4) is 0 Å². The zero-order valence-corrected chi connectivity index (χ0v) is 16.9. The van der Waals surface area contributed by atoms with E-state index >= 15 is 0 Å². The van der Waals surface area contributed by atoms with Crippen molar-refractivity contribution in [3.8, 4) is 17.1 Å². The van der Waals surface area contributed by atoms with Gasteiger partial charge in [0.25, 0.3) is 5.91 Å². The highest BCUT2D eigenvalue weighted by atomic mass is 19.4. The van der Waals surface area contributed by atoms with Crippen LogP contribution in [0.4, 0.5) is 18.0 Å². The minimum atomic E-state index is -4.58. The summed E-state index contributed by atoms with van der Waals surface area (Å²) in [5.74, 6) is 0.152. The zero-order valence-electron chi connectivity index (χ0n) is 16.9. The van der Waals surface area contributed by atoms with Crippen molar-refractivity contribution in [2.45, 2.75) is 25.2 Å². The van der Waals surface area contributed by atoms with E-state index < -0.39 is 29.2 Å². The first-order valence-corrected chi connectivity index (χ1v) is 9.40. The molecule has 1 N–H and O–H groups in total. The third kappa shape index (κ3) is 3.77. The minimum absolute atomic E-state index is 0.00684. The van der Waals surface area contributed by atoms with Gasteiger partial charge in [-0.15, -0.1) is 0 Å². The molecule has 2 aromatic carbocycles. The van der Waals surface area contributed by atoms with E-state index in [1.807, 2.05) is 0 Å². The average Bonchev–Trinajstić information content (AvgIpc) is 3.32. The number of benzene rings is 2. The number of nitrogens with zero attached hydrogens (tertiary/aromatic N) is 3. The number of ether oxygens (including phenoxy) is 1. The number of imide groups is 1. The van der Waals surface area contributed by atoms with Crippen LogP contribution in [0.1, 0.15) is 23.9 Å². The Morgan fingerprint density at radius 2 is 1.88 bits per heavy atom. The first-order valence-electron chi connectivity index (χ1n) is 9.40. The van der Waals surface area contributed by atoms with Gasteiger partial charge in [0, 0.05) is 5.56 Å². The number of alkyl halides is 3. The molecule has 2 heterocycles. The summed E-state index contributed by atoms with van der Waals surface area (Å²) in [6, 6.07) is 10.3. The van der Waals surface area contributed by atoms with Crippen molar-refractivity contribution in [1.29, 1.82) is 0 Å². The first-order chi connectivity index (χ1) is 15.1. The van der Waals surface area contributed by atoms with Crippen LogP contribution in [-0.2, 0) is 23.1 Å². The van der Waals surface area contributed by atoms with E-state index in [0.717, 1.165) is 17.0 Å². The van der Waals surface area contributed by atoms with E-state index in [1.165, 1.54) is 26.2 Å². The zero-order chi connectivity index (χ0) is 23.1. The monoisotopic (exact) mass is 446 g/mol. The molecule has 1 aliphatic rings. The molecule has 3 amide bonds. The highest BCUT2D eigenvalue weighted by molar-refractivity contribution is 6.07. The third-order valence-corrected chi connectivity index (χ3v) is 5.15. The number of urea groups is 1. The lowest BCUT2D eigenvalue weighted by Gasteiger charge is -2.23. The van der Waals surface area contributed by atoms with Gasteiger partial charge in [-0.25, -0.2) is 4.79 Å². The number of amides is 3. The van der Waals surface area contributed by atoms with E-state index in [9.17, 15) is 22.8 Å². The number of hydrogen-bond donors (Lipinski definition) is 1. The largest absolute Gasteiger partial charge is 0.497 e. The van der Waals surface area contributed by atoms with Crippen LogP contribution in [0.15, 0.2) is 53.1 Å². The van der Waals surface area contributed by atoms with Gasteiger partial charge in [0.2, 0.25) is 11.7 Å². The van der Waals surface area contributed by atoms with Crippen LogP contribution in [0, 0.1) is 0 Å². The molecule has 1 unspecified atom stereocenters. The van der Waals surface area contributed by atoms with Crippen molar-refractivity contribution in [2.75, 3.05) is 7.11 Å². The summed E-state index contributed by atoms with van der Waals surface area (Å²) in [6.07, 6.45) is -4.58. The predicted molar refractivity (Wildman–Crippen MR) is 104 cm³/mol. The molecular formula is C21H17F3N4O4. The van der Waals surface area contributed by atoms with Gasteiger partial charge < -0.3 is 14.6 Å². The molecule has 0 spiro atoms. The number of rotatable bonds is 5. The van der Waals surface area contributed by atoms with E-state index in [-0.39, 0.29) is 23.8 Å². The second kappa shape index (κ2) is 7.66. The third-order valence-electron chi connectivity index (χ3n) is 5.15. The fourth-order valence-electron chi connectivity index (χ4n) is 3.35. The summed E-state index contributed by atoms with van der Waals surface area (Å²) >= 11 is 0. The van der Waals surface area contributed by atoms with Crippen molar-refractivity contribution in [1.82, 2.24) is 20.4 Å². The average molecular weight is 446 g/mol. The van der Waals surface area contributed by atoms with Crippen molar-refractivity contribution in [2.24, 2.45) is 0 Å². The Morgan fingerprint density at radius 3 is 2.53 bits per heavy atom. The molecule has 1 fully saturated rings. The van der Waals surface area contributed by atoms with Gasteiger partial charge >= 0.3 is 12.2 Å². The number of halogens is 3. The van der Waals surface area contributed by atoms with Gasteiger partial charge in [-0.05, 0) is 48.9 Å². The lowest BCUT2D eigenvalue weighted by Crippen LogP contribution is -2.41. The molecule has 1 saturated heterocycles. The number of carbonyl (C=O) groups is 2. The smallest absolute Gasteiger partial charge is 0.416 e. The SMILES string of the molecule is COc1ccc(-c2noc(CN3C(=O)NC(C)(c4cccc(C(F)(F)F)c4)C3=O)n2)cc1. The Labute approximate surface area is 180 Å². The molecule has 8 nitrogen and oxygen atoms in total. The van der Waals surface area contributed by atoms with E-state index in [2.05, 4.69) is 15.5 Å². The normalized spacial score (nSPS) is 18.7. The van der Waals surface area contributed by atoms with Crippen LogP contribution >= 0.6 is 0 Å². The summed E-state index contributed by atoms with van der Waals surface area (Å²) in [5, 5.41) is 6.31. The fraction of sp³-hybridized carbons (Fsp3) is 0.238. The number of hydrogen-bond acceptors (Lipinski definition) is 6. The predicted octanol–water partition coefficient (Wildman–Crippen LogP) is 3.73. The Balaban J connectivity index is 1.56. The Kier molecular flexibility index (Phi) is 5.11. The molecule has 0 bridgehead atoms. The molecule has 3 aromatic rings. The molecule has 0 saturated carbocycles. The second-order valence-electron chi connectivity index (χ2n) is 7.27. The number of aromatic nitrogens is 2. The summed E-state index contributed by atoms with van der Waals surface area (Å²) in [7, 11) is 1.53. The van der Waals surface area contributed by atoms with Crippen LogP contribution in [0.25, 0.3) is 11.4 Å². The topological polar surface area (TPSA) is 97.6 Å². The van der Waals surface area contributed by atoms with Crippen molar-refractivity contribution in [3.05, 3.63) is 65.5 Å². The summed E-state index contributed by atoms with van der Waals surface area (Å²) in [5.41, 5.74) is -1.95.